The highest BCUT2D eigenvalue weighted by molar-refractivity contribution is 7.14. The number of methoxy groups -OCH3 is 2. The molecule has 1 aliphatic heterocycles. The normalized spacial score (nSPS) is 28.4. The number of nitrogens with zero attached hydrogens (tertiary/aromatic N) is 4. The van der Waals surface area contributed by atoms with E-state index in [4.69, 9.17) is 9.47 Å². The number of carbonyl (C=O) groups is 3. The molecule has 1 saturated carbocycles. The van der Waals surface area contributed by atoms with Gasteiger partial charge in [-0.2, -0.15) is 0 Å². The molecule has 11 heteroatoms. The molecular weight excluding hydrogens is 452 g/mol. The molecule has 0 amide bonds. The van der Waals surface area contributed by atoms with Gasteiger partial charge in [0.05, 0.1) is 14.2 Å². The van der Waals surface area contributed by atoms with E-state index in [1.165, 1.54) is 36.9 Å². The number of ketones is 1. The van der Waals surface area contributed by atoms with Crippen LogP contribution in [0.4, 0.5) is 10.3 Å². The number of hydrogen-bond donors (Lipinski definition) is 0. The van der Waals surface area contributed by atoms with Crippen LogP contribution in [0.5, 0.6) is 0 Å². The molecule has 0 N–H and O–H groups in total. The minimum absolute atomic E-state index is 0.166. The number of Topliss-reactive ketones (excluding diaryl/α,β-unsaturated/α-hetero) is 1. The van der Waals surface area contributed by atoms with Crippen LogP contribution in [0.15, 0.2) is 23.2 Å². The Kier molecular flexibility index (Phi) is 5.13. The molecule has 172 valence electrons. The summed E-state index contributed by atoms with van der Waals surface area (Å²) in [6, 6.07) is 0. The average Bonchev–Trinajstić information content (AvgIpc) is 3.43. The molecule has 0 aromatic carbocycles. The first kappa shape index (κ1) is 22.7. The van der Waals surface area contributed by atoms with Gasteiger partial charge in [0, 0.05) is 23.2 Å². The third kappa shape index (κ3) is 2.76. The number of thiazole rings is 2. The lowest BCUT2D eigenvalue weighted by molar-refractivity contribution is -0.171. The zero-order chi connectivity index (χ0) is 23.5. The van der Waals surface area contributed by atoms with Gasteiger partial charge in [0.2, 0.25) is 16.9 Å². The summed E-state index contributed by atoms with van der Waals surface area (Å²) >= 11 is 2.62. The van der Waals surface area contributed by atoms with Crippen molar-refractivity contribution in [1.29, 1.82) is 0 Å². The van der Waals surface area contributed by atoms with Crippen LogP contribution < -0.4 is 9.80 Å². The standard InChI is InChI=1S/C21H26N4O5S2/c1-18(2)11-20(14(27)29-5)13(26)21(12-18,15(28)30-6)25(17-23-8-10-32-17)19(3,4)24(20)16-22-7-9-31-16/h7-10H,11-12H2,1-6H3. The summed E-state index contributed by atoms with van der Waals surface area (Å²) in [6.07, 6.45) is 3.57. The predicted octanol–water partition coefficient (Wildman–Crippen LogP) is 2.88. The van der Waals surface area contributed by atoms with Crippen LogP contribution in [0.25, 0.3) is 0 Å². The van der Waals surface area contributed by atoms with Crippen molar-refractivity contribution in [3.8, 4) is 0 Å². The number of ether oxygens (including phenoxy) is 2. The maximum Gasteiger partial charge on any atom is 0.339 e. The lowest BCUT2D eigenvalue weighted by Gasteiger charge is -2.67. The second-order valence-electron chi connectivity index (χ2n) is 9.35. The summed E-state index contributed by atoms with van der Waals surface area (Å²) in [7, 11) is 2.51. The van der Waals surface area contributed by atoms with Crippen molar-refractivity contribution >= 4 is 50.7 Å². The molecule has 0 radical (unpaired) electrons. The number of hydrogen-bond acceptors (Lipinski definition) is 11. The average molecular weight is 479 g/mol. The number of esters is 2. The fraction of sp³-hybridized carbons (Fsp3) is 0.571. The quantitative estimate of drug-likeness (QED) is 0.485. The van der Waals surface area contributed by atoms with E-state index in [0.29, 0.717) is 10.3 Å². The summed E-state index contributed by atoms with van der Waals surface area (Å²) < 4.78 is 10.5. The Morgan fingerprint density at radius 1 is 0.875 bits per heavy atom. The predicted molar refractivity (Wildman–Crippen MR) is 121 cm³/mol. The van der Waals surface area contributed by atoms with Crippen molar-refractivity contribution in [3.63, 3.8) is 0 Å². The molecular formula is C21H26N4O5S2. The van der Waals surface area contributed by atoms with E-state index in [0.717, 1.165) is 0 Å². The van der Waals surface area contributed by atoms with Crippen molar-refractivity contribution in [2.75, 3.05) is 24.0 Å². The Morgan fingerprint density at radius 2 is 1.28 bits per heavy atom. The van der Waals surface area contributed by atoms with Crippen molar-refractivity contribution in [2.45, 2.75) is 57.3 Å². The number of anilines is 2. The molecule has 2 atom stereocenters. The molecule has 2 bridgehead atoms. The van der Waals surface area contributed by atoms with Gasteiger partial charge in [-0.25, -0.2) is 19.6 Å². The Labute approximate surface area is 194 Å². The molecule has 2 unspecified atom stereocenters. The van der Waals surface area contributed by atoms with E-state index in [1.54, 1.807) is 33.0 Å². The van der Waals surface area contributed by atoms with Crippen molar-refractivity contribution in [3.05, 3.63) is 23.2 Å². The van der Waals surface area contributed by atoms with E-state index in [1.807, 2.05) is 27.7 Å². The maximum atomic E-state index is 14.5. The molecule has 1 aliphatic carbocycles. The van der Waals surface area contributed by atoms with Crippen LogP contribution in [-0.2, 0) is 23.9 Å². The third-order valence-corrected chi connectivity index (χ3v) is 7.86. The lowest BCUT2D eigenvalue weighted by Crippen LogP contribution is -2.89. The van der Waals surface area contributed by atoms with E-state index in [2.05, 4.69) is 9.97 Å². The monoisotopic (exact) mass is 478 g/mol. The molecule has 2 aromatic heterocycles. The Morgan fingerprint density at radius 3 is 1.59 bits per heavy atom. The van der Waals surface area contributed by atoms with Crippen LogP contribution in [-0.4, -0.2) is 58.7 Å². The van der Waals surface area contributed by atoms with Crippen molar-refractivity contribution in [1.82, 2.24) is 9.97 Å². The minimum atomic E-state index is -1.76. The van der Waals surface area contributed by atoms with Crippen molar-refractivity contribution < 1.29 is 23.9 Å². The lowest BCUT2D eigenvalue weighted by atomic mass is 9.56. The van der Waals surface area contributed by atoms with Crippen LogP contribution in [0.1, 0.15) is 40.5 Å². The van der Waals surface area contributed by atoms with Gasteiger partial charge < -0.3 is 19.3 Å². The first-order valence-corrected chi connectivity index (χ1v) is 11.9. The Balaban J connectivity index is 2.15. The highest BCUT2D eigenvalue weighted by Crippen LogP contribution is 2.58. The number of carbonyl (C=O) groups excluding carboxylic acids is 3. The zero-order valence-corrected chi connectivity index (χ0v) is 20.5. The Hall–Kier alpha value is -2.53. The summed E-state index contributed by atoms with van der Waals surface area (Å²) in [4.78, 5) is 53.9. The highest BCUT2D eigenvalue weighted by Gasteiger charge is 2.78. The maximum absolute atomic E-state index is 14.5. The van der Waals surface area contributed by atoms with Gasteiger partial charge in [-0.05, 0) is 32.1 Å². The first-order chi connectivity index (χ1) is 15.0. The first-order valence-electron chi connectivity index (χ1n) is 10.1. The van der Waals surface area contributed by atoms with Gasteiger partial charge in [0.25, 0.3) is 0 Å². The van der Waals surface area contributed by atoms with Crippen LogP contribution in [0, 0.1) is 5.41 Å². The topological polar surface area (TPSA) is 102 Å². The fourth-order valence-corrected chi connectivity index (χ4v) is 7.34. The summed E-state index contributed by atoms with van der Waals surface area (Å²) in [6.45, 7) is 7.59. The number of fused-ring (bicyclic) bond motifs is 2. The second kappa shape index (κ2) is 7.24. The van der Waals surface area contributed by atoms with E-state index >= 15 is 0 Å². The van der Waals surface area contributed by atoms with Gasteiger partial charge in [0.15, 0.2) is 10.3 Å². The SMILES string of the molecule is COC(=O)C12CC(C)(C)CC(C(=O)OC)(C1=O)N(c1nccs1)C(C)(C)N2c1nccs1. The fourth-order valence-electron chi connectivity index (χ4n) is 5.64. The van der Waals surface area contributed by atoms with Gasteiger partial charge in [0.1, 0.15) is 5.66 Å². The highest BCUT2D eigenvalue weighted by atomic mass is 32.1. The zero-order valence-electron chi connectivity index (χ0n) is 18.9. The summed E-state index contributed by atoms with van der Waals surface area (Å²) in [5.41, 5.74) is -5.19. The van der Waals surface area contributed by atoms with Gasteiger partial charge in [-0.1, -0.05) is 13.8 Å². The van der Waals surface area contributed by atoms with Crippen LogP contribution in [0.3, 0.4) is 0 Å². The number of aromatic nitrogens is 2. The number of rotatable bonds is 4. The van der Waals surface area contributed by atoms with Crippen molar-refractivity contribution in [2.24, 2.45) is 5.41 Å². The minimum Gasteiger partial charge on any atom is -0.467 e. The molecule has 3 heterocycles. The molecule has 2 aliphatic rings. The molecule has 9 nitrogen and oxygen atoms in total. The summed E-state index contributed by atoms with van der Waals surface area (Å²) in [5.74, 6) is -2.01. The third-order valence-electron chi connectivity index (χ3n) is 6.35. The van der Waals surface area contributed by atoms with E-state index < -0.39 is 39.9 Å². The smallest absolute Gasteiger partial charge is 0.339 e. The molecule has 2 aromatic rings. The van der Waals surface area contributed by atoms with Gasteiger partial charge >= 0.3 is 11.9 Å². The molecule has 0 spiro atoms. The molecule has 2 fully saturated rings. The van der Waals surface area contributed by atoms with Crippen LogP contribution in [0.2, 0.25) is 0 Å². The van der Waals surface area contributed by atoms with E-state index in [9.17, 15) is 14.4 Å². The molecule has 1 saturated heterocycles. The second-order valence-corrected chi connectivity index (χ2v) is 11.1. The van der Waals surface area contributed by atoms with Crippen LogP contribution >= 0.6 is 22.7 Å². The summed E-state index contributed by atoms with van der Waals surface area (Å²) in [5, 5.41) is 4.52. The largest absolute Gasteiger partial charge is 0.467 e. The molecule has 32 heavy (non-hydrogen) atoms. The van der Waals surface area contributed by atoms with E-state index in [-0.39, 0.29) is 12.8 Å². The van der Waals surface area contributed by atoms with Gasteiger partial charge in [-0.3, -0.25) is 4.79 Å². The Bertz CT molecular complexity index is 974. The molecule has 4 rings (SSSR count). The van der Waals surface area contributed by atoms with Gasteiger partial charge in [-0.15, -0.1) is 22.7 Å².